The second-order valence-electron chi connectivity index (χ2n) is 7.11. The molecule has 0 aromatic heterocycles. The minimum atomic E-state index is -1.42. The molecular formula is C18H31N5O9. The second kappa shape index (κ2) is 14.7. The maximum absolute atomic E-state index is 12.7. The molecule has 4 atom stereocenters. The van der Waals surface area contributed by atoms with E-state index in [0.717, 1.165) is 0 Å². The number of rotatable bonds is 16. The van der Waals surface area contributed by atoms with Crippen LogP contribution in [0.1, 0.15) is 45.4 Å². The summed E-state index contributed by atoms with van der Waals surface area (Å²) in [7, 11) is 0. The number of carboxylic acid groups (broad SMARTS) is 3. The average molecular weight is 461 g/mol. The van der Waals surface area contributed by atoms with Crippen molar-refractivity contribution < 1.29 is 44.1 Å². The number of hydrogen-bond donors (Lipinski definition) is 8. The van der Waals surface area contributed by atoms with Crippen molar-refractivity contribution in [1.82, 2.24) is 16.0 Å². The van der Waals surface area contributed by atoms with E-state index < -0.39 is 72.6 Å². The third-order valence-electron chi connectivity index (χ3n) is 4.32. The van der Waals surface area contributed by atoms with Crippen LogP contribution < -0.4 is 27.4 Å². The van der Waals surface area contributed by atoms with Gasteiger partial charge in [-0.05, 0) is 39.2 Å². The molecule has 0 saturated carbocycles. The van der Waals surface area contributed by atoms with Crippen molar-refractivity contribution in [2.45, 2.75) is 69.6 Å². The van der Waals surface area contributed by atoms with Gasteiger partial charge in [0.2, 0.25) is 17.7 Å². The van der Waals surface area contributed by atoms with Gasteiger partial charge in [-0.3, -0.25) is 28.8 Å². The van der Waals surface area contributed by atoms with E-state index >= 15 is 0 Å². The number of nitrogens with one attached hydrogen (secondary N) is 3. The quantitative estimate of drug-likeness (QED) is 0.110. The van der Waals surface area contributed by atoms with E-state index in [9.17, 15) is 28.8 Å². The zero-order chi connectivity index (χ0) is 24.8. The molecule has 4 unspecified atom stereocenters. The van der Waals surface area contributed by atoms with Crippen LogP contribution >= 0.6 is 0 Å². The summed E-state index contributed by atoms with van der Waals surface area (Å²) in [5.41, 5.74) is 10.9. The zero-order valence-corrected chi connectivity index (χ0v) is 17.7. The van der Waals surface area contributed by atoms with E-state index in [1.54, 1.807) is 0 Å². The number of amides is 3. The van der Waals surface area contributed by atoms with Gasteiger partial charge in [0.1, 0.15) is 18.1 Å². The summed E-state index contributed by atoms with van der Waals surface area (Å²) in [6.45, 7) is 1.51. The van der Waals surface area contributed by atoms with Crippen molar-refractivity contribution in [3.8, 4) is 0 Å². The zero-order valence-electron chi connectivity index (χ0n) is 17.7. The number of nitrogens with two attached hydrogens (primary N) is 2. The van der Waals surface area contributed by atoms with Crippen LogP contribution in [0.25, 0.3) is 0 Å². The number of carbonyl (C=O) groups excluding carboxylic acids is 3. The lowest BCUT2D eigenvalue weighted by Gasteiger charge is -2.24. The number of carbonyl (C=O) groups is 6. The topological polar surface area (TPSA) is 251 Å². The minimum absolute atomic E-state index is 0.0906. The Morgan fingerprint density at radius 3 is 1.81 bits per heavy atom. The standard InChI is InChI=1S/C18H31N5O9/c1-9(18(31)32)21-16(29)12(5-6-13(24)25)23-17(30)11(4-2-3-7-19)22-15(28)10(20)8-14(26)27/h9-12H,2-8,19-20H2,1H3,(H,21,29)(H,22,28)(H,23,30)(H,24,25)(H,26,27)(H,31,32). The van der Waals surface area contributed by atoms with Gasteiger partial charge in [-0.25, -0.2) is 0 Å². The fourth-order valence-corrected chi connectivity index (χ4v) is 2.51. The number of aliphatic carboxylic acids is 3. The first-order valence-corrected chi connectivity index (χ1v) is 9.92. The molecule has 32 heavy (non-hydrogen) atoms. The van der Waals surface area contributed by atoms with Crippen molar-refractivity contribution in [1.29, 1.82) is 0 Å². The number of unbranched alkanes of at least 4 members (excludes halogenated alkanes) is 1. The monoisotopic (exact) mass is 461 g/mol. The lowest BCUT2D eigenvalue weighted by Crippen LogP contribution is -2.57. The fourth-order valence-electron chi connectivity index (χ4n) is 2.51. The second-order valence-corrected chi connectivity index (χ2v) is 7.11. The first-order valence-electron chi connectivity index (χ1n) is 9.92. The summed E-state index contributed by atoms with van der Waals surface area (Å²) in [6, 6.07) is -5.30. The van der Waals surface area contributed by atoms with Gasteiger partial charge in [0.25, 0.3) is 0 Å². The van der Waals surface area contributed by atoms with Crippen LogP contribution in [0.4, 0.5) is 0 Å². The van der Waals surface area contributed by atoms with E-state index in [0.29, 0.717) is 19.4 Å². The molecule has 0 radical (unpaired) electrons. The van der Waals surface area contributed by atoms with E-state index in [2.05, 4.69) is 16.0 Å². The van der Waals surface area contributed by atoms with Crippen molar-refractivity contribution in [2.24, 2.45) is 11.5 Å². The molecule has 0 aromatic rings. The molecule has 182 valence electrons. The van der Waals surface area contributed by atoms with Gasteiger partial charge in [-0.15, -0.1) is 0 Å². The summed E-state index contributed by atoms with van der Waals surface area (Å²) in [5.74, 6) is -6.53. The van der Waals surface area contributed by atoms with Crippen molar-refractivity contribution >= 4 is 35.6 Å². The molecule has 0 saturated heterocycles. The molecule has 0 aliphatic carbocycles. The number of carboxylic acids is 3. The lowest BCUT2D eigenvalue weighted by molar-refractivity contribution is -0.142. The lowest BCUT2D eigenvalue weighted by atomic mass is 10.1. The molecule has 0 heterocycles. The Hall–Kier alpha value is -3.26. The van der Waals surface area contributed by atoms with Crippen molar-refractivity contribution in [3.63, 3.8) is 0 Å². The molecule has 0 aliphatic heterocycles. The molecular weight excluding hydrogens is 430 g/mol. The van der Waals surface area contributed by atoms with Gasteiger partial charge in [-0.1, -0.05) is 0 Å². The minimum Gasteiger partial charge on any atom is -0.481 e. The SMILES string of the molecule is CC(NC(=O)C(CCC(=O)O)NC(=O)C(CCCCN)NC(=O)C(N)CC(=O)O)C(=O)O. The third kappa shape index (κ3) is 11.8. The molecule has 0 fully saturated rings. The predicted molar refractivity (Wildman–Crippen MR) is 109 cm³/mol. The van der Waals surface area contributed by atoms with Crippen LogP contribution in [0.3, 0.4) is 0 Å². The molecule has 0 rings (SSSR count). The third-order valence-corrected chi connectivity index (χ3v) is 4.32. The van der Waals surface area contributed by atoms with Gasteiger partial charge in [0, 0.05) is 6.42 Å². The maximum atomic E-state index is 12.7. The van der Waals surface area contributed by atoms with Gasteiger partial charge in [0.15, 0.2) is 0 Å². The Morgan fingerprint density at radius 1 is 0.781 bits per heavy atom. The van der Waals surface area contributed by atoms with Crippen molar-refractivity contribution in [2.75, 3.05) is 6.54 Å². The molecule has 0 spiro atoms. The Balaban J connectivity index is 5.41. The molecule has 14 nitrogen and oxygen atoms in total. The highest BCUT2D eigenvalue weighted by molar-refractivity contribution is 5.94. The molecule has 0 aromatic carbocycles. The average Bonchev–Trinajstić information content (AvgIpc) is 2.69. The Labute approximate surface area is 184 Å². The first kappa shape index (κ1) is 28.7. The highest BCUT2D eigenvalue weighted by Gasteiger charge is 2.29. The molecule has 14 heteroatoms. The van der Waals surface area contributed by atoms with E-state index in [4.69, 9.17) is 26.8 Å². The smallest absolute Gasteiger partial charge is 0.325 e. The normalized spacial score (nSPS) is 14.3. The highest BCUT2D eigenvalue weighted by atomic mass is 16.4. The Bertz CT molecular complexity index is 700. The fraction of sp³-hybridized carbons (Fsp3) is 0.667. The van der Waals surface area contributed by atoms with Crippen LogP contribution in [0, 0.1) is 0 Å². The van der Waals surface area contributed by atoms with Crippen LogP contribution in [0.15, 0.2) is 0 Å². The largest absolute Gasteiger partial charge is 0.481 e. The summed E-state index contributed by atoms with van der Waals surface area (Å²) in [6.07, 6.45) is -0.479. The number of hydrogen-bond acceptors (Lipinski definition) is 8. The van der Waals surface area contributed by atoms with E-state index in [1.807, 2.05) is 0 Å². The predicted octanol–water partition coefficient (Wildman–Crippen LogP) is -2.66. The van der Waals surface area contributed by atoms with E-state index in [-0.39, 0.29) is 12.8 Å². The molecule has 3 amide bonds. The van der Waals surface area contributed by atoms with Crippen LogP contribution in [-0.4, -0.2) is 81.7 Å². The summed E-state index contributed by atoms with van der Waals surface area (Å²) in [4.78, 5) is 69.8. The first-order chi connectivity index (χ1) is 14.9. The summed E-state index contributed by atoms with van der Waals surface area (Å²) >= 11 is 0. The summed E-state index contributed by atoms with van der Waals surface area (Å²) in [5, 5.41) is 33.4. The van der Waals surface area contributed by atoms with Crippen LogP contribution in [0.5, 0.6) is 0 Å². The van der Waals surface area contributed by atoms with Crippen LogP contribution in [-0.2, 0) is 28.8 Å². The van der Waals surface area contributed by atoms with E-state index in [1.165, 1.54) is 6.92 Å². The van der Waals surface area contributed by atoms with Gasteiger partial charge in [-0.2, -0.15) is 0 Å². The van der Waals surface area contributed by atoms with Gasteiger partial charge < -0.3 is 42.7 Å². The Kier molecular flexibility index (Phi) is 13.2. The van der Waals surface area contributed by atoms with Crippen molar-refractivity contribution in [3.05, 3.63) is 0 Å². The van der Waals surface area contributed by atoms with Gasteiger partial charge in [0.05, 0.1) is 12.5 Å². The molecule has 10 N–H and O–H groups in total. The van der Waals surface area contributed by atoms with Gasteiger partial charge >= 0.3 is 17.9 Å². The molecule has 0 aliphatic rings. The Morgan fingerprint density at radius 2 is 1.31 bits per heavy atom. The maximum Gasteiger partial charge on any atom is 0.325 e. The molecule has 0 bridgehead atoms. The highest BCUT2D eigenvalue weighted by Crippen LogP contribution is 2.05. The summed E-state index contributed by atoms with van der Waals surface area (Å²) < 4.78 is 0. The van der Waals surface area contributed by atoms with Crippen LogP contribution in [0.2, 0.25) is 0 Å².